The van der Waals surface area contributed by atoms with Crippen LogP contribution in [0.25, 0.3) is 10.9 Å². The fourth-order valence-electron chi connectivity index (χ4n) is 3.06. The summed E-state index contributed by atoms with van der Waals surface area (Å²) in [6.07, 6.45) is 0.805. The second-order valence-corrected chi connectivity index (χ2v) is 7.32. The van der Waals surface area contributed by atoms with E-state index in [9.17, 15) is 4.79 Å². The maximum Gasteiger partial charge on any atom is 0.262 e. The van der Waals surface area contributed by atoms with E-state index >= 15 is 0 Å². The third-order valence-electron chi connectivity index (χ3n) is 4.50. The Morgan fingerprint density at radius 3 is 2.15 bits per heavy atom. The van der Waals surface area contributed by atoms with Gasteiger partial charge in [0.15, 0.2) is 5.16 Å². The first-order chi connectivity index (χ1) is 13.3. The van der Waals surface area contributed by atoms with Crippen molar-refractivity contribution in [3.05, 3.63) is 106 Å². The van der Waals surface area contributed by atoms with Crippen LogP contribution in [0.5, 0.6) is 0 Å². The van der Waals surface area contributed by atoms with E-state index in [2.05, 4.69) is 24.3 Å². The van der Waals surface area contributed by atoms with E-state index < -0.39 is 0 Å². The minimum atomic E-state index is 0.0343. The molecule has 0 aliphatic rings. The van der Waals surface area contributed by atoms with Gasteiger partial charge in [-0.1, -0.05) is 84.6 Å². The molecule has 134 valence electrons. The maximum absolute atomic E-state index is 13.1. The van der Waals surface area contributed by atoms with Gasteiger partial charge in [0.05, 0.1) is 10.9 Å². The molecule has 3 aromatic carbocycles. The summed E-state index contributed by atoms with van der Waals surface area (Å²) in [4.78, 5) is 17.9. The minimum absolute atomic E-state index is 0.0343. The molecule has 1 heterocycles. The summed E-state index contributed by atoms with van der Waals surface area (Å²) in [7, 11) is 0. The number of aryl methyl sites for hydroxylation is 1. The smallest absolute Gasteiger partial charge is 0.262 e. The largest absolute Gasteiger partial charge is 0.287 e. The molecular formula is C23H20N2OS. The van der Waals surface area contributed by atoms with Crippen molar-refractivity contribution in [1.82, 2.24) is 9.55 Å². The molecule has 4 aromatic rings. The molecule has 0 aliphatic carbocycles. The van der Waals surface area contributed by atoms with Crippen LogP contribution in [0.2, 0.25) is 0 Å². The van der Waals surface area contributed by atoms with Gasteiger partial charge in [-0.3, -0.25) is 9.36 Å². The molecule has 0 radical (unpaired) electrons. The monoisotopic (exact) mass is 372 g/mol. The highest BCUT2D eigenvalue weighted by atomic mass is 32.2. The molecule has 0 bridgehead atoms. The van der Waals surface area contributed by atoms with Crippen molar-refractivity contribution in [2.75, 3.05) is 0 Å². The molecule has 0 atom stereocenters. The molecule has 0 aliphatic heterocycles. The third kappa shape index (κ3) is 4.12. The lowest BCUT2D eigenvalue weighted by atomic mass is 10.1. The van der Waals surface area contributed by atoms with Gasteiger partial charge in [-0.25, -0.2) is 4.98 Å². The van der Waals surface area contributed by atoms with Crippen LogP contribution in [-0.4, -0.2) is 9.55 Å². The van der Waals surface area contributed by atoms with Gasteiger partial charge in [0.2, 0.25) is 0 Å². The normalized spacial score (nSPS) is 11.0. The zero-order chi connectivity index (χ0) is 18.5. The molecule has 1 aromatic heterocycles. The first-order valence-electron chi connectivity index (χ1n) is 9.01. The second-order valence-electron chi connectivity index (χ2n) is 6.38. The van der Waals surface area contributed by atoms with Crippen molar-refractivity contribution in [3.8, 4) is 0 Å². The lowest BCUT2D eigenvalue weighted by molar-refractivity contribution is 0.595. The van der Waals surface area contributed by atoms with Crippen molar-refractivity contribution in [3.63, 3.8) is 0 Å². The lowest BCUT2D eigenvalue weighted by Gasteiger charge is -2.13. The van der Waals surface area contributed by atoms with E-state index in [1.165, 1.54) is 11.1 Å². The molecule has 0 saturated heterocycles. The van der Waals surface area contributed by atoms with E-state index in [4.69, 9.17) is 4.98 Å². The highest BCUT2D eigenvalue weighted by molar-refractivity contribution is 7.98. The third-order valence-corrected chi connectivity index (χ3v) is 5.55. The number of hydrogen-bond donors (Lipinski definition) is 0. The van der Waals surface area contributed by atoms with Crippen LogP contribution in [0.3, 0.4) is 0 Å². The van der Waals surface area contributed by atoms with Crippen LogP contribution in [0, 0.1) is 0 Å². The Balaban J connectivity index is 1.67. The van der Waals surface area contributed by atoms with Gasteiger partial charge >= 0.3 is 0 Å². The first-order valence-corrected chi connectivity index (χ1v) is 10.00. The summed E-state index contributed by atoms with van der Waals surface area (Å²) in [5.74, 6) is 0.789. The molecular weight excluding hydrogens is 352 g/mol. The van der Waals surface area contributed by atoms with E-state index in [1.807, 2.05) is 65.2 Å². The number of para-hydroxylation sites is 1. The Morgan fingerprint density at radius 1 is 0.778 bits per heavy atom. The highest BCUT2D eigenvalue weighted by Gasteiger charge is 2.11. The highest BCUT2D eigenvalue weighted by Crippen LogP contribution is 2.22. The Kier molecular flexibility index (Phi) is 5.35. The fraction of sp³-hybridized carbons (Fsp3) is 0.130. The number of rotatable bonds is 6. The summed E-state index contributed by atoms with van der Waals surface area (Å²) in [6, 6.07) is 28.1. The molecule has 4 rings (SSSR count). The van der Waals surface area contributed by atoms with Crippen LogP contribution in [0.15, 0.2) is 94.9 Å². The van der Waals surface area contributed by atoms with Gasteiger partial charge < -0.3 is 0 Å². The number of aromatic nitrogens is 2. The summed E-state index contributed by atoms with van der Waals surface area (Å²) in [5, 5.41) is 1.45. The van der Waals surface area contributed by atoms with Gasteiger partial charge in [0.25, 0.3) is 5.56 Å². The van der Waals surface area contributed by atoms with Crippen molar-refractivity contribution in [2.24, 2.45) is 0 Å². The minimum Gasteiger partial charge on any atom is -0.287 e. The van der Waals surface area contributed by atoms with Crippen LogP contribution in [-0.2, 0) is 18.7 Å². The molecule has 0 spiro atoms. The van der Waals surface area contributed by atoms with Crippen molar-refractivity contribution >= 4 is 22.7 Å². The lowest BCUT2D eigenvalue weighted by Crippen LogP contribution is -2.24. The van der Waals surface area contributed by atoms with Crippen LogP contribution >= 0.6 is 11.8 Å². The summed E-state index contributed by atoms with van der Waals surface area (Å²) in [6.45, 7) is 0.623. The molecule has 0 N–H and O–H groups in total. The van der Waals surface area contributed by atoms with E-state index in [0.717, 1.165) is 22.8 Å². The molecule has 0 saturated carbocycles. The molecule has 0 amide bonds. The Hall–Kier alpha value is -2.85. The Labute approximate surface area is 162 Å². The number of hydrogen-bond acceptors (Lipinski definition) is 3. The fourth-order valence-corrected chi connectivity index (χ4v) is 4.04. The van der Waals surface area contributed by atoms with E-state index in [-0.39, 0.29) is 5.56 Å². The van der Waals surface area contributed by atoms with Gasteiger partial charge in [-0.2, -0.15) is 0 Å². The Bertz CT molecular complexity index is 1090. The second kappa shape index (κ2) is 8.23. The number of thioether (sulfide) groups is 1. The molecule has 3 nitrogen and oxygen atoms in total. The first kappa shape index (κ1) is 17.6. The van der Waals surface area contributed by atoms with Crippen molar-refractivity contribution < 1.29 is 0 Å². The van der Waals surface area contributed by atoms with Crippen LogP contribution < -0.4 is 5.56 Å². The zero-order valence-electron chi connectivity index (χ0n) is 14.9. The summed E-state index contributed by atoms with van der Waals surface area (Å²) < 4.78 is 1.82. The maximum atomic E-state index is 13.1. The predicted molar refractivity (Wildman–Crippen MR) is 112 cm³/mol. The van der Waals surface area contributed by atoms with Gasteiger partial charge in [0, 0.05) is 12.3 Å². The van der Waals surface area contributed by atoms with Crippen LogP contribution in [0.4, 0.5) is 0 Å². The topological polar surface area (TPSA) is 34.9 Å². The van der Waals surface area contributed by atoms with Crippen molar-refractivity contribution in [2.45, 2.75) is 23.9 Å². The summed E-state index contributed by atoms with van der Waals surface area (Å²) in [5.41, 5.74) is 3.23. The average molecular weight is 372 g/mol. The standard InChI is InChI=1S/C23H20N2OS/c26-22-20-13-7-8-14-21(20)24-23(27-17-19-11-5-2-6-12-19)25(22)16-15-18-9-3-1-4-10-18/h1-14H,15-17H2. The predicted octanol–water partition coefficient (Wildman–Crippen LogP) is 4.93. The van der Waals surface area contributed by atoms with Crippen molar-refractivity contribution in [1.29, 1.82) is 0 Å². The van der Waals surface area contributed by atoms with Crippen LogP contribution in [0.1, 0.15) is 11.1 Å². The van der Waals surface area contributed by atoms with E-state index in [0.29, 0.717) is 11.9 Å². The Morgan fingerprint density at radius 2 is 1.41 bits per heavy atom. The van der Waals surface area contributed by atoms with Gasteiger partial charge in [-0.05, 0) is 29.7 Å². The van der Waals surface area contributed by atoms with E-state index in [1.54, 1.807) is 11.8 Å². The SMILES string of the molecule is O=c1c2ccccc2nc(SCc2ccccc2)n1CCc1ccccc1. The number of nitrogens with zero attached hydrogens (tertiary/aromatic N) is 2. The van der Waals surface area contributed by atoms with Gasteiger partial charge in [-0.15, -0.1) is 0 Å². The molecule has 27 heavy (non-hydrogen) atoms. The zero-order valence-corrected chi connectivity index (χ0v) is 15.7. The number of fused-ring (bicyclic) bond motifs is 1. The molecule has 4 heteroatoms. The summed E-state index contributed by atoms with van der Waals surface area (Å²) >= 11 is 1.62. The average Bonchev–Trinajstić information content (AvgIpc) is 2.73. The van der Waals surface area contributed by atoms with Gasteiger partial charge in [0.1, 0.15) is 0 Å². The molecule has 0 unspecified atom stereocenters. The quantitative estimate of drug-likeness (QED) is 0.355. The molecule has 0 fully saturated rings. The number of benzene rings is 3.